The van der Waals surface area contributed by atoms with Gasteiger partial charge in [0.1, 0.15) is 5.76 Å². The van der Waals surface area contributed by atoms with Crippen LogP contribution in [0.3, 0.4) is 0 Å². The van der Waals surface area contributed by atoms with E-state index in [-0.39, 0.29) is 12.4 Å². The van der Waals surface area contributed by atoms with E-state index in [1.165, 1.54) is 0 Å². The van der Waals surface area contributed by atoms with Crippen molar-refractivity contribution in [2.45, 2.75) is 0 Å². The third-order valence-electron chi connectivity index (χ3n) is 1.75. The molecule has 1 aromatic heterocycles. The van der Waals surface area contributed by atoms with Crippen molar-refractivity contribution in [3.63, 3.8) is 0 Å². The maximum absolute atomic E-state index is 5.75. The number of para-hydroxylation sites is 1. The fourth-order valence-electron chi connectivity index (χ4n) is 1.15. The van der Waals surface area contributed by atoms with E-state index in [1.54, 1.807) is 6.26 Å². The van der Waals surface area contributed by atoms with E-state index in [0.29, 0.717) is 0 Å². The molecule has 1 aromatic carbocycles. The molecule has 0 aliphatic carbocycles. The number of benzene rings is 1. The van der Waals surface area contributed by atoms with E-state index in [9.17, 15) is 0 Å². The standard InChI is InChI=1S/C10H9NO.ClH/c11-9-5-2-1-4-8(9)10-6-3-7-12-10;/h1-7H,11H2;1H. The first-order valence-electron chi connectivity index (χ1n) is 3.76. The molecule has 3 heteroatoms. The van der Waals surface area contributed by atoms with Crippen LogP contribution < -0.4 is 5.73 Å². The minimum Gasteiger partial charge on any atom is -0.464 e. The highest BCUT2D eigenvalue weighted by Crippen LogP contribution is 2.25. The predicted octanol–water partition coefficient (Wildman–Crippen LogP) is 2.95. The van der Waals surface area contributed by atoms with Gasteiger partial charge in [0.2, 0.25) is 0 Å². The van der Waals surface area contributed by atoms with Gasteiger partial charge in [0.05, 0.1) is 6.26 Å². The monoisotopic (exact) mass is 195 g/mol. The third-order valence-corrected chi connectivity index (χ3v) is 1.75. The number of hydrogen-bond acceptors (Lipinski definition) is 2. The molecule has 2 rings (SSSR count). The Morgan fingerprint density at radius 3 is 2.38 bits per heavy atom. The molecule has 13 heavy (non-hydrogen) atoms. The summed E-state index contributed by atoms with van der Waals surface area (Å²) in [5.74, 6) is 0.813. The Balaban J connectivity index is 0.000000845. The largest absolute Gasteiger partial charge is 0.464 e. The summed E-state index contributed by atoms with van der Waals surface area (Å²) in [6.07, 6.45) is 1.64. The Morgan fingerprint density at radius 1 is 1.00 bits per heavy atom. The maximum atomic E-state index is 5.75. The second-order valence-electron chi connectivity index (χ2n) is 2.56. The summed E-state index contributed by atoms with van der Waals surface area (Å²) in [6, 6.07) is 11.4. The summed E-state index contributed by atoms with van der Waals surface area (Å²) in [6.45, 7) is 0. The molecule has 0 saturated carbocycles. The molecule has 2 aromatic rings. The second kappa shape index (κ2) is 4.01. The number of furan rings is 1. The van der Waals surface area contributed by atoms with Crippen LogP contribution in [0.2, 0.25) is 0 Å². The van der Waals surface area contributed by atoms with Crippen molar-refractivity contribution in [3.05, 3.63) is 42.7 Å². The zero-order valence-electron chi connectivity index (χ0n) is 6.94. The van der Waals surface area contributed by atoms with Crippen LogP contribution in [0.5, 0.6) is 0 Å². The zero-order valence-corrected chi connectivity index (χ0v) is 7.75. The maximum Gasteiger partial charge on any atom is 0.135 e. The lowest BCUT2D eigenvalue weighted by Crippen LogP contribution is -1.87. The Kier molecular flexibility index (Phi) is 2.98. The summed E-state index contributed by atoms with van der Waals surface area (Å²) in [7, 11) is 0. The summed E-state index contributed by atoms with van der Waals surface area (Å²) in [5.41, 5.74) is 7.44. The molecule has 0 saturated heterocycles. The molecular formula is C10H10ClNO. The van der Waals surface area contributed by atoms with Crippen LogP contribution in [-0.4, -0.2) is 0 Å². The van der Waals surface area contributed by atoms with Crippen LogP contribution >= 0.6 is 12.4 Å². The highest BCUT2D eigenvalue weighted by atomic mass is 35.5. The topological polar surface area (TPSA) is 39.2 Å². The molecule has 0 radical (unpaired) electrons. The van der Waals surface area contributed by atoms with Gasteiger partial charge in [-0.3, -0.25) is 0 Å². The average Bonchev–Trinajstić information content (AvgIpc) is 2.57. The Hall–Kier alpha value is -1.41. The Morgan fingerprint density at radius 2 is 1.77 bits per heavy atom. The molecule has 0 aliphatic heterocycles. The average molecular weight is 196 g/mol. The highest BCUT2D eigenvalue weighted by molar-refractivity contribution is 5.85. The molecule has 0 amide bonds. The van der Waals surface area contributed by atoms with Crippen molar-refractivity contribution >= 4 is 18.1 Å². The van der Waals surface area contributed by atoms with Gasteiger partial charge >= 0.3 is 0 Å². The molecule has 0 bridgehead atoms. The number of nitrogens with two attached hydrogens (primary N) is 1. The molecule has 0 fully saturated rings. The number of anilines is 1. The number of hydrogen-bond donors (Lipinski definition) is 1. The summed E-state index contributed by atoms with van der Waals surface area (Å²) < 4.78 is 5.22. The van der Waals surface area contributed by atoms with Gasteiger partial charge in [-0.15, -0.1) is 12.4 Å². The molecular weight excluding hydrogens is 186 g/mol. The van der Waals surface area contributed by atoms with Gasteiger partial charge in [0.15, 0.2) is 0 Å². The highest BCUT2D eigenvalue weighted by Gasteiger charge is 2.02. The van der Waals surface area contributed by atoms with E-state index >= 15 is 0 Å². The van der Waals surface area contributed by atoms with E-state index < -0.39 is 0 Å². The van der Waals surface area contributed by atoms with E-state index in [0.717, 1.165) is 17.0 Å². The summed E-state index contributed by atoms with van der Waals surface area (Å²) >= 11 is 0. The van der Waals surface area contributed by atoms with E-state index in [4.69, 9.17) is 10.2 Å². The molecule has 0 aliphatic rings. The summed E-state index contributed by atoms with van der Waals surface area (Å²) in [4.78, 5) is 0. The Labute approximate surface area is 82.8 Å². The van der Waals surface area contributed by atoms with Gasteiger partial charge in [-0.2, -0.15) is 0 Å². The summed E-state index contributed by atoms with van der Waals surface area (Å²) in [5, 5.41) is 0. The smallest absolute Gasteiger partial charge is 0.135 e. The first-order chi connectivity index (χ1) is 5.88. The number of nitrogen functional groups attached to an aromatic ring is 1. The molecule has 0 unspecified atom stereocenters. The van der Waals surface area contributed by atoms with Gasteiger partial charge in [-0.1, -0.05) is 12.1 Å². The van der Waals surface area contributed by atoms with Crippen molar-refractivity contribution in [3.8, 4) is 11.3 Å². The zero-order chi connectivity index (χ0) is 8.39. The van der Waals surface area contributed by atoms with Crippen LogP contribution in [-0.2, 0) is 0 Å². The minimum absolute atomic E-state index is 0. The minimum atomic E-state index is 0. The van der Waals surface area contributed by atoms with Crippen LogP contribution in [0, 0.1) is 0 Å². The predicted molar refractivity (Wildman–Crippen MR) is 55.8 cm³/mol. The SMILES string of the molecule is Cl.Nc1ccccc1-c1ccco1. The van der Waals surface area contributed by atoms with Crippen molar-refractivity contribution in [1.82, 2.24) is 0 Å². The number of rotatable bonds is 1. The molecule has 0 atom stereocenters. The quantitative estimate of drug-likeness (QED) is 0.711. The van der Waals surface area contributed by atoms with Crippen LogP contribution in [0.1, 0.15) is 0 Å². The van der Waals surface area contributed by atoms with Crippen LogP contribution in [0.15, 0.2) is 47.1 Å². The lowest BCUT2D eigenvalue weighted by Gasteiger charge is -1.99. The van der Waals surface area contributed by atoms with Gasteiger partial charge in [0.25, 0.3) is 0 Å². The van der Waals surface area contributed by atoms with Gasteiger partial charge in [-0.05, 0) is 24.3 Å². The van der Waals surface area contributed by atoms with Gasteiger partial charge in [0, 0.05) is 11.3 Å². The van der Waals surface area contributed by atoms with Crippen LogP contribution in [0.4, 0.5) is 5.69 Å². The molecule has 1 heterocycles. The van der Waals surface area contributed by atoms with E-state index in [2.05, 4.69) is 0 Å². The van der Waals surface area contributed by atoms with Gasteiger partial charge in [-0.25, -0.2) is 0 Å². The fourth-order valence-corrected chi connectivity index (χ4v) is 1.15. The molecule has 0 spiro atoms. The third kappa shape index (κ3) is 1.84. The number of halogens is 1. The fraction of sp³-hybridized carbons (Fsp3) is 0. The lowest BCUT2D eigenvalue weighted by molar-refractivity contribution is 0.582. The van der Waals surface area contributed by atoms with Crippen molar-refractivity contribution < 1.29 is 4.42 Å². The first-order valence-corrected chi connectivity index (χ1v) is 3.76. The first kappa shape index (κ1) is 9.68. The second-order valence-corrected chi connectivity index (χ2v) is 2.56. The Bertz CT molecular complexity index is 370. The van der Waals surface area contributed by atoms with E-state index in [1.807, 2.05) is 36.4 Å². The molecule has 2 nitrogen and oxygen atoms in total. The normalized spacial score (nSPS) is 9.23. The molecule has 2 N–H and O–H groups in total. The van der Waals surface area contributed by atoms with Crippen LogP contribution in [0.25, 0.3) is 11.3 Å². The van der Waals surface area contributed by atoms with Crippen molar-refractivity contribution in [2.24, 2.45) is 0 Å². The molecule has 68 valence electrons. The lowest BCUT2D eigenvalue weighted by atomic mass is 10.1. The van der Waals surface area contributed by atoms with Crippen molar-refractivity contribution in [2.75, 3.05) is 5.73 Å². The van der Waals surface area contributed by atoms with Crippen molar-refractivity contribution in [1.29, 1.82) is 0 Å². The van der Waals surface area contributed by atoms with Gasteiger partial charge < -0.3 is 10.2 Å².